The molecule has 0 radical (unpaired) electrons. The topological polar surface area (TPSA) is 61.4 Å². The average Bonchev–Trinajstić information content (AvgIpc) is 2.60. The molecule has 8 heteroatoms. The lowest BCUT2D eigenvalue weighted by molar-refractivity contribution is -0.124. The van der Waals surface area contributed by atoms with Crippen LogP contribution in [0.2, 0.25) is 10.0 Å². The molecule has 5 nitrogen and oxygen atoms in total. The van der Waals surface area contributed by atoms with Crippen molar-refractivity contribution in [1.29, 1.82) is 0 Å². The van der Waals surface area contributed by atoms with Crippen molar-refractivity contribution >= 4 is 46.8 Å². The van der Waals surface area contributed by atoms with Gasteiger partial charge in [0.05, 0.1) is 10.6 Å². The first-order valence-electron chi connectivity index (χ1n) is 8.64. The molecule has 1 aliphatic rings. The Morgan fingerprint density at radius 1 is 1.31 bits per heavy atom. The second-order valence-corrected chi connectivity index (χ2v) is 8.35. The lowest BCUT2D eigenvalue weighted by atomic mass is 10.0. The largest absolute Gasteiger partial charge is 0.351 e. The summed E-state index contributed by atoms with van der Waals surface area (Å²) in [7, 11) is 2.08. The highest BCUT2D eigenvalue weighted by Gasteiger charge is 2.25. The maximum Gasteiger partial charge on any atom is 0.253 e. The molecule has 2 rings (SSSR count). The van der Waals surface area contributed by atoms with E-state index in [9.17, 15) is 9.59 Å². The van der Waals surface area contributed by atoms with Gasteiger partial charge < -0.3 is 15.5 Å². The van der Waals surface area contributed by atoms with E-state index in [1.165, 1.54) is 6.07 Å². The predicted octanol–water partition coefficient (Wildman–Crippen LogP) is 3.06. The molecule has 1 aromatic carbocycles. The van der Waals surface area contributed by atoms with Crippen LogP contribution in [0.4, 0.5) is 0 Å². The molecule has 26 heavy (non-hydrogen) atoms. The summed E-state index contributed by atoms with van der Waals surface area (Å²) >= 11 is 13.6. The number of nitrogens with zero attached hydrogens (tertiary/aromatic N) is 1. The molecule has 0 aliphatic carbocycles. The van der Waals surface area contributed by atoms with Crippen molar-refractivity contribution < 1.29 is 9.59 Å². The predicted molar refractivity (Wildman–Crippen MR) is 109 cm³/mol. The lowest BCUT2D eigenvalue weighted by Gasteiger charge is -2.30. The van der Waals surface area contributed by atoms with Gasteiger partial charge in [0.1, 0.15) is 6.04 Å². The summed E-state index contributed by atoms with van der Waals surface area (Å²) in [5.41, 5.74) is 0.317. The van der Waals surface area contributed by atoms with Crippen molar-refractivity contribution in [2.24, 2.45) is 0 Å². The molecule has 1 heterocycles. The lowest BCUT2D eigenvalue weighted by Crippen LogP contribution is -2.52. The van der Waals surface area contributed by atoms with E-state index in [0.717, 1.165) is 31.7 Å². The van der Waals surface area contributed by atoms with Crippen LogP contribution < -0.4 is 10.6 Å². The molecule has 1 atom stereocenters. The molecule has 0 saturated carbocycles. The molecular weight excluding hydrogens is 393 g/mol. The molecule has 1 saturated heterocycles. The van der Waals surface area contributed by atoms with Gasteiger partial charge in [-0.1, -0.05) is 23.2 Å². The van der Waals surface area contributed by atoms with E-state index in [1.807, 2.05) is 6.26 Å². The Morgan fingerprint density at radius 2 is 2.00 bits per heavy atom. The van der Waals surface area contributed by atoms with E-state index in [1.54, 1.807) is 23.9 Å². The van der Waals surface area contributed by atoms with Crippen molar-refractivity contribution in [2.45, 2.75) is 31.3 Å². The fourth-order valence-electron chi connectivity index (χ4n) is 2.87. The second-order valence-electron chi connectivity index (χ2n) is 6.52. The van der Waals surface area contributed by atoms with Crippen LogP contribution in [0.25, 0.3) is 0 Å². The van der Waals surface area contributed by atoms with Crippen LogP contribution >= 0.6 is 35.0 Å². The normalized spacial score (nSPS) is 16.9. The monoisotopic (exact) mass is 417 g/mol. The van der Waals surface area contributed by atoms with Crippen molar-refractivity contribution in [2.75, 3.05) is 32.1 Å². The summed E-state index contributed by atoms with van der Waals surface area (Å²) < 4.78 is 0. The van der Waals surface area contributed by atoms with Crippen molar-refractivity contribution in [3.63, 3.8) is 0 Å². The molecule has 1 unspecified atom stereocenters. The van der Waals surface area contributed by atoms with Crippen molar-refractivity contribution in [3.8, 4) is 0 Å². The number of amides is 2. The number of hydrogen-bond acceptors (Lipinski definition) is 4. The van der Waals surface area contributed by atoms with Crippen molar-refractivity contribution in [3.05, 3.63) is 33.8 Å². The van der Waals surface area contributed by atoms with Crippen LogP contribution in [-0.4, -0.2) is 60.9 Å². The van der Waals surface area contributed by atoms with Gasteiger partial charge in [-0.25, -0.2) is 0 Å². The fraction of sp³-hybridized carbons (Fsp3) is 0.556. The molecule has 2 N–H and O–H groups in total. The summed E-state index contributed by atoms with van der Waals surface area (Å²) in [6.07, 6.45) is 4.39. The number of hydrogen-bond donors (Lipinski definition) is 2. The van der Waals surface area contributed by atoms with E-state index in [-0.39, 0.29) is 22.9 Å². The van der Waals surface area contributed by atoms with Gasteiger partial charge in [-0.15, -0.1) is 0 Å². The Labute approximate surface area is 169 Å². The Hall–Kier alpha value is -0.950. The van der Waals surface area contributed by atoms with Crippen LogP contribution in [0.5, 0.6) is 0 Å². The number of halogens is 2. The Morgan fingerprint density at radius 3 is 2.62 bits per heavy atom. The maximum absolute atomic E-state index is 12.7. The van der Waals surface area contributed by atoms with Gasteiger partial charge in [0, 0.05) is 11.1 Å². The van der Waals surface area contributed by atoms with Crippen LogP contribution in [0.1, 0.15) is 29.6 Å². The third kappa shape index (κ3) is 6.34. The first-order valence-corrected chi connectivity index (χ1v) is 10.8. The number of carbonyl (C=O) groups excluding carboxylic acids is 2. The first kappa shape index (κ1) is 21.4. The maximum atomic E-state index is 12.7. The van der Waals surface area contributed by atoms with Crippen LogP contribution in [0, 0.1) is 0 Å². The molecule has 1 aliphatic heterocycles. The summed E-state index contributed by atoms with van der Waals surface area (Å²) in [6.45, 7) is 1.93. The number of thioether (sulfide) groups is 1. The Kier molecular flexibility index (Phi) is 8.54. The minimum absolute atomic E-state index is 0.132. The summed E-state index contributed by atoms with van der Waals surface area (Å²) in [5, 5.41) is 6.65. The molecule has 0 spiro atoms. The number of benzene rings is 1. The van der Waals surface area contributed by atoms with E-state index in [2.05, 4.69) is 22.6 Å². The number of piperidine rings is 1. The van der Waals surface area contributed by atoms with E-state index < -0.39 is 6.04 Å². The first-order chi connectivity index (χ1) is 12.4. The highest BCUT2D eigenvalue weighted by Crippen LogP contribution is 2.21. The van der Waals surface area contributed by atoms with Gasteiger partial charge in [-0.05, 0) is 69.6 Å². The zero-order valence-corrected chi connectivity index (χ0v) is 17.4. The van der Waals surface area contributed by atoms with Gasteiger partial charge in [0.2, 0.25) is 5.91 Å². The Bertz CT molecular complexity index is 637. The average molecular weight is 418 g/mol. The third-order valence-corrected chi connectivity index (χ3v) is 5.66. The van der Waals surface area contributed by atoms with Gasteiger partial charge >= 0.3 is 0 Å². The second kappa shape index (κ2) is 10.4. The summed E-state index contributed by atoms with van der Waals surface area (Å²) in [6, 6.07) is 4.28. The minimum Gasteiger partial charge on any atom is -0.351 e. The SMILES string of the molecule is CSCCC(NC(=O)c1ccc(Cl)cc1Cl)C(=O)NC1CCN(C)CC1. The zero-order chi connectivity index (χ0) is 19.1. The molecule has 1 aromatic rings. The number of rotatable bonds is 7. The number of carbonyl (C=O) groups is 2. The third-order valence-electron chi connectivity index (χ3n) is 4.47. The van der Waals surface area contributed by atoms with E-state index in [0.29, 0.717) is 17.0 Å². The number of likely N-dealkylation sites (tertiary alicyclic amines) is 1. The molecule has 144 valence electrons. The molecule has 2 amide bonds. The zero-order valence-electron chi connectivity index (χ0n) is 15.1. The number of nitrogens with one attached hydrogen (secondary N) is 2. The van der Waals surface area contributed by atoms with Gasteiger partial charge in [-0.3, -0.25) is 9.59 Å². The minimum atomic E-state index is -0.582. The van der Waals surface area contributed by atoms with Crippen LogP contribution in [0.15, 0.2) is 18.2 Å². The molecule has 0 bridgehead atoms. The highest BCUT2D eigenvalue weighted by atomic mass is 35.5. The van der Waals surface area contributed by atoms with E-state index >= 15 is 0 Å². The van der Waals surface area contributed by atoms with Crippen molar-refractivity contribution in [1.82, 2.24) is 15.5 Å². The van der Waals surface area contributed by atoms with Gasteiger partial charge in [-0.2, -0.15) is 11.8 Å². The highest BCUT2D eigenvalue weighted by molar-refractivity contribution is 7.98. The summed E-state index contributed by atoms with van der Waals surface area (Å²) in [5.74, 6) is 0.281. The summed E-state index contributed by atoms with van der Waals surface area (Å²) in [4.78, 5) is 27.5. The molecule has 0 aromatic heterocycles. The standard InChI is InChI=1S/C18H25Cl2N3O2S/c1-23-8-5-13(6-9-23)21-18(25)16(7-10-26-2)22-17(24)14-4-3-12(19)11-15(14)20/h3-4,11,13,16H,5-10H2,1-2H3,(H,21,25)(H,22,24). The molecular formula is C18H25Cl2N3O2S. The van der Waals surface area contributed by atoms with Crippen LogP contribution in [0.3, 0.4) is 0 Å². The van der Waals surface area contributed by atoms with Crippen LogP contribution in [-0.2, 0) is 4.79 Å². The van der Waals surface area contributed by atoms with Gasteiger partial charge in [0.15, 0.2) is 0 Å². The quantitative estimate of drug-likeness (QED) is 0.715. The van der Waals surface area contributed by atoms with E-state index in [4.69, 9.17) is 23.2 Å². The molecule has 1 fully saturated rings. The smallest absolute Gasteiger partial charge is 0.253 e. The van der Waals surface area contributed by atoms with Gasteiger partial charge in [0.25, 0.3) is 5.91 Å². The fourth-order valence-corrected chi connectivity index (χ4v) is 3.83. The Balaban J connectivity index is 2.01.